The fourth-order valence-corrected chi connectivity index (χ4v) is 3.94. The third-order valence-corrected chi connectivity index (χ3v) is 5.07. The van der Waals surface area contributed by atoms with Gasteiger partial charge in [-0.3, -0.25) is 10.1 Å². The molecule has 0 radical (unpaired) electrons. The second-order valence-electron chi connectivity index (χ2n) is 6.52. The van der Waals surface area contributed by atoms with Gasteiger partial charge in [-0.25, -0.2) is 9.37 Å². The maximum Gasteiger partial charge on any atom is 0.193 e. The number of aromatic amines is 1. The molecule has 1 aromatic carbocycles. The lowest BCUT2D eigenvalue weighted by Gasteiger charge is -2.22. The molecule has 5 heteroatoms. The first-order valence-corrected chi connectivity index (χ1v) is 8.46. The van der Waals surface area contributed by atoms with Crippen molar-refractivity contribution in [1.82, 2.24) is 15.2 Å². The number of fused-ring (bicyclic) bond motifs is 5. The number of rotatable bonds is 1. The van der Waals surface area contributed by atoms with E-state index in [0.29, 0.717) is 6.42 Å². The normalized spacial score (nSPS) is 20.4. The number of pyridine rings is 1. The Morgan fingerprint density at radius 3 is 2.83 bits per heavy atom. The number of aromatic nitrogens is 3. The molecule has 3 aromatic rings. The maximum atomic E-state index is 13.3. The van der Waals surface area contributed by atoms with Gasteiger partial charge < -0.3 is 0 Å². The average Bonchev–Trinajstić information content (AvgIpc) is 3.10. The summed E-state index contributed by atoms with van der Waals surface area (Å²) in [5.41, 5.74) is 6.65. The molecule has 0 spiro atoms. The maximum absolute atomic E-state index is 13.3. The summed E-state index contributed by atoms with van der Waals surface area (Å²) in [6.07, 6.45) is 9.13. The SMILES string of the molecule is FC1CC=C(c2nc3ccc4[nH]ncc4c3c3c2CCCC3)C=N1. The van der Waals surface area contributed by atoms with Gasteiger partial charge in [0.15, 0.2) is 6.30 Å². The Morgan fingerprint density at radius 1 is 1.12 bits per heavy atom. The van der Waals surface area contributed by atoms with Crippen molar-refractivity contribution in [3.05, 3.63) is 41.2 Å². The number of alkyl halides is 1. The Labute approximate surface area is 138 Å². The van der Waals surface area contributed by atoms with Gasteiger partial charge in [-0.2, -0.15) is 5.10 Å². The van der Waals surface area contributed by atoms with Crippen LogP contribution in [0.15, 0.2) is 29.4 Å². The van der Waals surface area contributed by atoms with Crippen LogP contribution in [-0.2, 0) is 12.8 Å². The van der Waals surface area contributed by atoms with Crippen LogP contribution < -0.4 is 0 Å². The third-order valence-electron chi connectivity index (χ3n) is 5.07. The molecule has 1 aliphatic carbocycles. The molecule has 1 aliphatic heterocycles. The molecule has 5 rings (SSSR count). The van der Waals surface area contributed by atoms with Gasteiger partial charge >= 0.3 is 0 Å². The summed E-state index contributed by atoms with van der Waals surface area (Å²) < 4.78 is 13.3. The molecule has 1 unspecified atom stereocenters. The van der Waals surface area contributed by atoms with Gasteiger partial charge in [-0.1, -0.05) is 6.08 Å². The van der Waals surface area contributed by atoms with E-state index in [4.69, 9.17) is 4.98 Å². The third kappa shape index (κ3) is 2.00. The van der Waals surface area contributed by atoms with Crippen LogP contribution in [0.2, 0.25) is 0 Å². The van der Waals surface area contributed by atoms with Crippen LogP contribution in [0.3, 0.4) is 0 Å². The Hall–Kier alpha value is -2.56. The molecule has 0 bridgehead atoms. The predicted octanol–water partition coefficient (Wildman–Crippen LogP) is 4.14. The molecule has 0 saturated heterocycles. The second-order valence-corrected chi connectivity index (χ2v) is 6.52. The van der Waals surface area contributed by atoms with Gasteiger partial charge in [-0.15, -0.1) is 0 Å². The molecule has 1 atom stereocenters. The average molecular weight is 320 g/mol. The molecule has 0 saturated carbocycles. The van der Waals surface area contributed by atoms with Crippen LogP contribution in [0, 0.1) is 0 Å². The number of allylic oxidation sites excluding steroid dienone is 1. The van der Waals surface area contributed by atoms with E-state index in [1.807, 2.05) is 24.4 Å². The zero-order valence-electron chi connectivity index (χ0n) is 13.2. The van der Waals surface area contributed by atoms with Crippen LogP contribution in [0.5, 0.6) is 0 Å². The van der Waals surface area contributed by atoms with Crippen molar-refractivity contribution in [3.8, 4) is 0 Å². The van der Waals surface area contributed by atoms with Gasteiger partial charge in [0.1, 0.15) is 0 Å². The minimum absolute atomic E-state index is 0.334. The second kappa shape index (κ2) is 5.23. The van der Waals surface area contributed by atoms with Gasteiger partial charge in [0.2, 0.25) is 0 Å². The molecule has 24 heavy (non-hydrogen) atoms. The number of halogens is 1. The number of hydrogen-bond acceptors (Lipinski definition) is 3. The molecular formula is C19H17FN4. The summed E-state index contributed by atoms with van der Waals surface area (Å²) in [6.45, 7) is 0. The van der Waals surface area contributed by atoms with Gasteiger partial charge in [0.05, 0.1) is 22.9 Å². The van der Waals surface area contributed by atoms with Crippen LogP contribution in [0.25, 0.3) is 27.4 Å². The lowest BCUT2D eigenvalue weighted by atomic mass is 9.85. The van der Waals surface area contributed by atoms with Crippen LogP contribution >= 0.6 is 0 Å². The zero-order valence-corrected chi connectivity index (χ0v) is 13.2. The van der Waals surface area contributed by atoms with E-state index in [0.717, 1.165) is 40.5 Å². The van der Waals surface area contributed by atoms with E-state index < -0.39 is 6.30 Å². The first-order chi connectivity index (χ1) is 11.8. The number of aryl methyl sites for hydroxylation is 1. The van der Waals surface area contributed by atoms with Crippen molar-refractivity contribution in [2.45, 2.75) is 38.4 Å². The molecule has 2 aliphatic rings. The summed E-state index contributed by atoms with van der Waals surface area (Å²) in [5.74, 6) is 0. The van der Waals surface area contributed by atoms with Crippen LogP contribution in [0.1, 0.15) is 36.1 Å². The van der Waals surface area contributed by atoms with Crippen molar-refractivity contribution < 1.29 is 4.39 Å². The first kappa shape index (κ1) is 13.8. The van der Waals surface area contributed by atoms with Crippen molar-refractivity contribution in [1.29, 1.82) is 0 Å². The smallest absolute Gasteiger partial charge is 0.193 e. The number of hydrogen-bond donors (Lipinski definition) is 1. The molecule has 3 heterocycles. The zero-order chi connectivity index (χ0) is 16.1. The largest absolute Gasteiger partial charge is 0.278 e. The Bertz CT molecular complexity index is 1020. The van der Waals surface area contributed by atoms with E-state index in [9.17, 15) is 4.39 Å². The van der Waals surface area contributed by atoms with Crippen LogP contribution in [0.4, 0.5) is 4.39 Å². The van der Waals surface area contributed by atoms with Crippen LogP contribution in [-0.4, -0.2) is 27.7 Å². The lowest BCUT2D eigenvalue weighted by Crippen LogP contribution is -2.12. The van der Waals surface area contributed by atoms with Crippen molar-refractivity contribution >= 4 is 33.6 Å². The molecule has 4 nitrogen and oxygen atoms in total. The van der Waals surface area contributed by atoms with Crippen molar-refractivity contribution in [2.24, 2.45) is 4.99 Å². The molecule has 0 amide bonds. The van der Waals surface area contributed by atoms with Crippen molar-refractivity contribution in [2.75, 3.05) is 0 Å². The summed E-state index contributed by atoms with van der Waals surface area (Å²) in [7, 11) is 0. The van der Waals surface area contributed by atoms with Gasteiger partial charge in [-0.05, 0) is 48.9 Å². The van der Waals surface area contributed by atoms with E-state index >= 15 is 0 Å². The summed E-state index contributed by atoms with van der Waals surface area (Å²) in [5, 5.41) is 9.60. The summed E-state index contributed by atoms with van der Waals surface area (Å²) in [4.78, 5) is 8.89. The fourth-order valence-electron chi connectivity index (χ4n) is 3.94. The van der Waals surface area contributed by atoms with Gasteiger partial charge in [0, 0.05) is 29.0 Å². The topological polar surface area (TPSA) is 53.9 Å². The standard InChI is InChI=1S/C19H17FN4/c20-17-8-5-11(9-21-17)19-13-4-2-1-3-12(13)18-14-10-22-24-15(14)6-7-16(18)23-19/h5-7,9-10,17H,1-4,8H2,(H,22,24). The van der Waals surface area contributed by atoms with Crippen molar-refractivity contribution in [3.63, 3.8) is 0 Å². The van der Waals surface area contributed by atoms with E-state index in [1.54, 1.807) is 6.21 Å². The lowest BCUT2D eigenvalue weighted by molar-refractivity contribution is 0.350. The Morgan fingerprint density at radius 2 is 2.00 bits per heavy atom. The molecule has 1 N–H and O–H groups in total. The number of nitrogens with zero attached hydrogens (tertiary/aromatic N) is 3. The fraction of sp³-hybridized carbons (Fsp3) is 0.316. The monoisotopic (exact) mass is 320 g/mol. The number of dihydropyridines is 1. The highest BCUT2D eigenvalue weighted by atomic mass is 19.1. The van der Waals surface area contributed by atoms with E-state index in [2.05, 4.69) is 15.2 Å². The molecule has 2 aromatic heterocycles. The molecular weight excluding hydrogens is 303 g/mol. The number of aliphatic imine (C=N–C) groups is 1. The predicted molar refractivity (Wildman–Crippen MR) is 94.0 cm³/mol. The highest BCUT2D eigenvalue weighted by molar-refractivity contribution is 6.13. The minimum atomic E-state index is -1.12. The minimum Gasteiger partial charge on any atom is -0.278 e. The van der Waals surface area contributed by atoms with Gasteiger partial charge in [0.25, 0.3) is 0 Å². The summed E-state index contributed by atoms with van der Waals surface area (Å²) >= 11 is 0. The number of benzene rings is 1. The van der Waals surface area contributed by atoms with E-state index in [1.165, 1.54) is 29.4 Å². The van der Waals surface area contributed by atoms with E-state index in [-0.39, 0.29) is 0 Å². The Balaban J connectivity index is 1.83. The molecule has 0 fully saturated rings. The highest BCUT2D eigenvalue weighted by Crippen LogP contribution is 2.36. The quantitative estimate of drug-likeness (QED) is 0.685. The summed E-state index contributed by atoms with van der Waals surface area (Å²) in [6, 6.07) is 4.07. The number of H-pyrrole nitrogens is 1. The highest BCUT2D eigenvalue weighted by Gasteiger charge is 2.22. The Kier molecular flexibility index (Phi) is 3.01. The number of nitrogens with one attached hydrogen (secondary N) is 1. The molecule has 120 valence electrons. The first-order valence-electron chi connectivity index (χ1n) is 8.46.